The maximum Gasteiger partial charge on any atom is 0.0794 e. The third-order valence-electron chi connectivity index (χ3n) is 2.77. The van der Waals surface area contributed by atoms with Gasteiger partial charge in [0.15, 0.2) is 0 Å². The van der Waals surface area contributed by atoms with Crippen LogP contribution in [0.4, 0.5) is 0 Å². The van der Waals surface area contributed by atoms with E-state index < -0.39 is 0 Å². The second-order valence-electron chi connectivity index (χ2n) is 4.35. The predicted molar refractivity (Wildman–Crippen MR) is 71.3 cm³/mol. The second-order valence-corrected chi connectivity index (χ2v) is 5.32. The van der Waals surface area contributed by atoms with E-state index in [9.17, 15) is 5.11 Å². The zero-order valence-corrected chi connectivity index (χ0v) is 10.8. The molecular weight excluding hydrogens is 230 g/mol. The summed E-state index contributed by atoms with van der Waals surface area (Å²) < 4.78 is 0. The summed E-state index contributed by atoms with van der Waals surface area (Å²) in [6.45, 7) is 2.09. The van der Waals surface area contributed by atoms with Crippen molar-refractivity contribution in [2.24, 2.45) is 0 Å². The Bertz CT molecular complexity index is 453. The van der Waals surface area contributed by atoms with Crippen molar-refractivity contribution in [3.8, 4) is 0 Å². The average Bonchev–Trinajstić information content (AvgIpc) is 2.79. The van der Waals surface area contributed by atoms with E-state index in [4.69, 9.17) is 0 Å². The van der Waals surface area contributed by atoms with Gasteiger partial charge < -0.3 is 5.11 Å². The third-order valence-corrected chi connectivity index (χ3v) is 3.57. The number of aryl methyl sites for hydroxylation is 2. The Balaban J connectivity index is 1.82. The number of aliphatic hydroxyl groups excluding tert-OH is 1. The van der Waals surface area contributed by atoms with E-state index in [0.717, 1.165) is 24.1 Å². The van der Waals surface area contributed by atoms with Crippen LogP contribution in [0.2, 0.25) is 0 Å². The first-order valence-electron chi connectivity index (χ1n) is 5.85. The summed E-state index contributed by atoms with van der Waals surface area (Å²) in [7, 11) is 0. The maximum absolute atomic E-state index is 9.93. The van der Waals surface area contributed by atoms with Gasteiger partial charge in [-0.1, -0.05) is 29.8 Å². The molecule has 0 saturated carbocycles. The molecule has 1 unspecified atom stereocenters. The fraction of sp³-hybridized carbons (Fsp3) is 0.357. The molecule has 2 nitrogen and oxygen atoms in total. The highest BCUT2D eigenvalue weighted by Gasteiger charge is 2.07. The molecule has 17 heavy (non-hydrogen) atoms. The molecule has 1 heterocycles. The molecule has 0 aliphatic carbocycles. The van der Waals surface area contributed by atoms with E-state index in [1.54, 1.807) is 11.3 Å². The summed E-state index contributed by atoms with van der Waals surface area (Å²) in [4.78, 5) is 5.17. The summed E-state index contributed by atoms with van der Waals surface area (Å²) in [5, 5.41) is 9.93. The number of hydrogen-bond acceptors (Lipinski definition) is 3. The van der Waals surface area contributed by atoms with Crippen molar-refractivity contribution in [3.63, 3.8) is 0 Å². The Hall–Kier alpha value is -1.19. The van der Waals surface area contributed by atoms with E-state index in [0.29, 0.717) is 0 Å². The Morgan fingerprint density at radius 1 is 1.41 bits per heavy atom. The topological polar surface area (TPSA) is 33.1 Å². The first-order chi connectivity index (χ1) is 8.24. The largest absolute Gasteiger partial charge is 0.393 e. The Morgan fingerprint density at radius 3 is 3.00 bits per heavy atom. The van der Waals surface area contributed by atoms with E-state index in [1.165, 1.54) is 11.1 Å². The molecule has 0 saturated heterocycles. The van der Waals surface area contributed by atoms with Gasteiger partial charge >= 0.3 is 0 Å². The van der Waals surface area contributed by atoms with Gasteiger partial charge in [-0.25, -0.2) is 0 Å². The highest BCUT2D eigenvalue weighted by molar-refractivity contribution is 7.09. The first-order valence-corrected chi connectivity index (χ1v) is 6.73. The molecule has 1 aromatic carbocycles. The number of benzene rings is 1. The molecular formula is C14H17NOS. The number of rotatable bonds is 5. The highest BCUT2D eigenvalue weighted by atomic mass is 32.1. The van der Waals surface area contributed by atoms with Gasteiger partial charge in [-0.3, -0.25) is 4.98 Å². The lowest BCUT2D eigenvalue weighted by Gasteiger charge is -2.09. The van der Waals surface area contributed by atoms with Gasteiger partial charge in [0.2, 0.25) is 0 Å². The lowest BCUT2D eigenvalue weighted by atomic mass is 10.0. The van der Waals surface area contributed by atoms with Crippen LogP contribution in [0.25, 0.3) is 0 Å². The van der Waals surface area contributed by atoms with E-state index >= 15 is 0 Å². The molecule has 0 aliphatic heterocycles. The van der Waals surface area contributed by atoms with E-state index in [2.05, 4.69) is 36.2 Å². The zero-order chi connectivity index (χ0) is 12.1. The highest BCUT2D eigenvalue weighted by Crippen LogP contribution is 2.13. The summed E-state index contributed by atoms with van der Waals surface area (Å²) >= 11 is 1.60. The molecule has 1 N–H and O–H groups in total. The summed E-state index contributed by atoms with van der Waals surface area (Å²) in [5.41, 5.74) is 4.38. The molecule has 0 radical (unpaired) electrons. The lowest BCUT2D eigenvalue weighted by Crippen LogP contribution is -2.10. The van der Waals surface area contributed by atoms with Crippen molar-refractivity contribution in [3.05, 3.63) is 52.0 Å². The Labute approximate surface area is 106 Å². The third kappa shape index (κ3) is 3.95. The number of thiazole rings is 1. The lowest BCUT2D eigenvalue weighted by molar-refractivity contribution is 0.166. The van der Waals surface area contributed by atoms with Gasteiger partial charge in [-0.05, 0) is 25.3 Å². The van der Waals surface area contributed by atoms with Gasteiger partial charge in [0.05, 0.1) is 11.6 Å². The smallest absolute Gasteiger partial charge is 0.0794 e. The molecule has 1 atom stereocenters. The first kappa shape index (κ1) is 12.3. The van der Waals surface area contributed by atoms with Crippen molar-refractivity contribution in [2.75, 3.05) is 0 Å². The van der Waals surface area contributed by atoms with E-state index in [-0.39, 0.29) is 6.10 Å². The summed E-state index contributed by atoms with van der Waals surface area (Å²) in [6.07, 6.45) is 4.02. The predicted octanol–water partition coefficient (Wildman–Crippen LogP) is 2.99. The number of hydrogen-bond donors (Lipinski definition) is 1. The fourth-order valence-electron chi connectivity index (χ4n) is 1.88. The Kier molecular flexibility index (Phi) is 4.29. The van der Waals surface area contributed by atoms with Crippen molar-refractivity contribution in [1.82, 2.24) is 4.98 Å². The molecule has 1 aromatic heterocycles. The van der Waals surface area contributed by atoms with Crippen LogP contribution in [0.3, 0.4) is 0 Å². The monoisotopic (exact) mass is 247 g/mol. The SMILES string of the molecule is Cc1cccc(CCC(O)Cc2cncs2)c1. The zero-order valence-electron chi connectivity index (χ0n) is 9.97. The van der Waals surface area contributed by atoms with E-state index in [1.807, 2.05) is 11.7 Å². The van der Waals surface area contributed by atoms with Crippen LogP contribution in [0.15, 0.2) is 36.0 Å². The van der Waals surface area contributed by atoms with Crippen molar-refractivity contribution < 1.29 is 5.11 Å². The van der Waals surface area contributed by atoms with Crippen LogP contribution in [0.5, 0.6) is 0 Å². The molecule has 0 bridgehead atoms. The minimum Gasteiger partial charge on any atom is -0.393 e. The number of aliphatic hydroxyl groups is 1. The second kappa shape index (κ2) is 5.94. The van der Waals surface area contributed by atoms with Crippen LogP contribution < -0.4 is 0 Å². The minimum atomic E-state index is -0.268. The summed E-state index contributed by atoms with van der Waals surface area (Å²) in [6, 6.07) is 8.46. The average molecular weight is 247 g/mol. The molecule has 0 spiro atoms. The molecule has 2 aromatic rings. The van der Waals surface area contributed by atoms with Crippen LogP contribution in [0.1, 0.15) is 22.4 Å². The van der Waals surface area contributed by atoms with Crippen LogP contribution in [0, 0.1) is 6.92 Å². The molecule has 90 valence electrons. The van der Waals surface area contributed by atoms with Gasteiger partial charge in [0, 0.05) is 17.5 Å². The molecule has 0 amide bonds. The summed E-state index contributed by atoms with van der Waals surface area (Å²) in [5.74, 6) is 0. The quantitative estimate of drug-likeness (QED) is 0.881. The van der Waals surface area contributed by atoms with Crippen LogP contribution in [-0.2, 0) is 12.8 Å². The Morgan fingerprint density at radius 2 is 2.29 bits per heavy atom. The standard InChI is InChI=1S/C14H17NOS/c1-11-3-2-4-12(7-11)5-6-13(16)8-14-9-15-10-17-14/h2-4,7,9-10,13,16H,5-6,8H2,1H3. The number of nitrogens with zero attached hydrogens (tertiary/aromatic N) is 1. The van der Waals surface area contributed by atoms with Gasteiger partial charge in [-0.2, -0.15) is 0 Å². The molecule has 3 heteroatoms. The maximum atomic E-state index is 9.93. The molecule has 2 rings (SSSR count). The van der Waals surface area contributed by atoms with Gasteiger partial charge in [-0.15, -0.1) is 11.3 Å². The fourth-order valence-corrected chi connectivity index (χ4v) is 2.55. The molecule has 0 fully saturated rings. The van der Waals surface area contributed by atoms with Crippen LogP contribution in [-0.4, -0.2) is 16.2 Å². The van der Waals surface area contributed by atoms with Gasteiger partial charge in [0.1, 0.15) is 0 Å². The van der Waals surface area contributed by atoms with Gasteiger partial charge in [0.25, 0.3) is 0 Å². The number of aromatic nitrogens is 1. The van der Waals surface area contributed by atoms with Crippen LogP contribution >= 0.6 is 11.3 Å². The normalized spacial score (nSPS) is 12.6. The van der Waals surface area contributed by atoms with Crippen molar-refractivity contribution in [1.29, 1.82) is 0 Å². The van der Waals surface area contributed by atoms with Crippen molar-refractivity contribution in [2.45, 2.75) is 32.3 Å². The molecule has 0 aliphatic rings. The minimum absolute atomic E-state index is 0.268. The van der Waals surface area contributed by atoms with Crippen molar-refractivity contribution >= 4 is 11.3 Å².